The minimum Gasteiger partial charge on any atom is -0.349 e. The van der Waals surface area contributed by atoms with Crippen LogP contribution in [0.1, 0.15) is 28.8 Å². The van der Waals surface area contributed by atoms with Crippen LogP contribution in [0.25, 0.3) is 27.8 Å². The molecule has 5 nitrogen and oxygen atoms in total. The van der Waals surface area contributed by atoms with Crippen LogP contribution in [0.5, 0.6) is 0 Å². The number of carbonyl (C=O) groups is 1. The maximum Gasteiger partial charge on any atom is 0.257 e. The van der Waals surface area contributed by atoms with Gasteiger partial charge in [0.1, 0.15) is 11.2 Å². The molecule has 1 saturated carbocycles. The fourth-order valence-corrected chi connectivity index (χ4v) is 4.00. The van der Waals surface area contributed by atoms with Gasteiger partial charge in [0.05, 0.1) is 5.39 Å². The van der Waals surface area contributed by atoms with Crippen molar-refractivity contribution in [3.05, 3.63) is 94.4 Å². The monoisotopic (exact) mass is 473 g/mol. The van der Waals surface area contributed by atoms with Crippen LogP contribution in [-0.2, 0) is 5.33 Å². The molecule has 1 fully saturated rings. The topological polar surface area (TPSA) is 64.0 Å². The molecule has 5 rings (SSSR count). The summed E-state index contributed by atoms with van der Waals surface area (Å²) in [6, 6.07) is 20.0. The molecule has 1 aliphatic carbocycles. The number of benzene rings is 2. The summed E-state index contributed by atoms with van der Waals surface area (Å²) in [6.07, 6.45) is 5.20. The quantitative estimate of drug-likeness (QED) is 0.421. The zero-order valence-electron chi connectivity index (χ0n) is 16.7. The standard InChI is InChI=1S/C25H20BrN3O2/c26-14-16-6-8-17(9-7-16)18-3-1-4-20(13-18)29-15-22(25(31)28-19-10-11-19)23(30)21-5-2-12-27-24(21)29/h1-9,12-13,15,19H,10-11,14H2,(H,28,31). The van der Waals surface area contributed by atoms with Gasteiger partial charge in [0.15, 0.2) is 0 Å². The summed E-state index contributed by atoms with van der Waals surface area (Å²) in [6.45, 7) is 0. The number of amides is 1. The van der Waals surface area contributed by atoms with E-state index in [-0.39, 0.29) is 22.9 Å². The number of nitrogens with zero attached hydrogens (tertiary/aromatic N) is 2. The molecule has 0 spiro atoms. The number of halogens is 1. The van der Waals surface area contributed by atoms with Crippen LogP contribution in [-0.4, -0.2) is 21.5 Å². The highest BCUT2D eigenvalue weighted by atomic mass is 79.9. The number of hydrogen-bond donors (Lipinski definition) is 1. The molecule has 4 aromatic rings. The number of nitrogens with one attached hydrogen (secondary N) is 1. The summed E-state index contributed by atoms with van der Waals surface area (Å²) >= 11 is 3.48. The molecule has 2 heterocycles. The lowest BCUT2D eigenvalue weighted by Crippen LogP contribution is -2.31. The molecule has 0 radical (unpaired) electrons. The van der Waals surface area contributed by atoms with Crippen molar-refractivity contribution in [3.8, 4) is 16.8 Å². The Balaban J connectivity index is 1.64. The number of hydrogen-bond acceptors (Lipinski definition) is 3. The lowest BCUT2D eigenvalue weighted by Gasteiger charge is -2.14. The predicted molar refractivity (Wildman–Crippen MR) is 126 cm³/mol. The van der Waals surface area contributed by atoms with Crippen LogP contribution in [0.3, 0.4) is 0 Å². The van der Waals surface area contributed by atoms with Gasteiger partial charge in [0.2, 0.25) is 5.43 Å². The third-order valence-corrected chi connectivity index (χ3v) is 6.13. The Kier molecular flexibility index (Phi) is 5.16. The molecular formula is C25H20BrN3O2. The summed E-state index contributed by atoms with van der Waals surface area (Å²) in [4.78, 5) is 30.2. The SMILES string of the molecule is O=C(NC1CC1)c1cn(-c2cccc(-c3ccc(CBr)cc3)c2)c2ncccc2c1=O. The molecule has 1 amide bonds. The third-order valence-electron chi connectivity index (χ3n) is 5.49. The van der Waals surface area contributed by atoms with Gasteiger partial charge in [-0.3, -0.25) is 9.59 Å². The lowest BCUT2D eigenvalue weighted by atomic mass is 10.0. The van der Waals surface area contributed by atoms with Crippen molar-refractivity contribution in [2.75, 3.05) is 0 Å². The highest BCUT2D eigenvalue weighted by Crippen LogP contribution is 2.25. The Morgan fingerprint density at radius 1 is 1.06 bits per heavy atom. The molecule has 1 N–H and O–H groups in total. The summed E-state index contributed by atoms with van der Waals surface area (Å²) in [5.74, 6) is -0.325. The molecule has 0 unspecified atom stereocenters. The maximum absolute atomic E-state index is 13.0. The first-order chi connectivity index (χ1) is 15.1. The van der Waals surface area contributed by atoms with Gasteiger partial charge in [-0.1, -0.05) is 52.3 Å². The van der Waals surface area contributed by atoms with E-state index >= 15 is 0 Å². The zero-order valence-corrected chi connectivity index (χ0v) is 18.3. The Bertz CT molecular complexity index is 1340. The van der Waals surface area contributed by atoms with Gasteiger partial charge in [-0.15, -0.1) is 0 Å². The van der Waals surface area contributed by atoms with E-state index in [0.29, 0.717) is 11.0 Å². The molecule has 0 saturated heterocycles. The Morgan fingerprint density at radius 3 is 2.61 bits per heavy atom. The molecule has 154 valence electrons. The predicted octanol–water partition coefficient (Wildman–Crippen LogP) is 4.84. The molecule has 31 heavy (non-hydrogen) atoms. The van der Waals surface area contributed by atoms with E-state index in [1.54, 1.807) is 24.5 Å². The number of fused-ring (bicyclic) bond motifs is 1. The second-order valence-corrected chi connectivity index (χ2v) is 8.31. The third kappa shape index (κ3) is 3.91. The van der Waals surface area contributed by atoms with E-state index in [4.69, 9.17) is 0 Å². The molecule has 2 aromatic heterocycles. The highest BCUT2D eigenvalue weighted by molar-refractivity contribution is 9.08. The zero-order chi connectivity index (χ0) is 21.4. The van der Waals surface area contributed by atoms with E-state index in [9.17, 15) is 9.59 Å². The van der Waals surface area contributed by atoms with Crippen molar-refractivity contribution in [2.24, 2.45) is 0 Å². The lowest BCUT2D eigenvalue weighted by molar-refractivity contribution is 0.0949. The van der Waals surface area contributed by atoms with Crippen molar-refractivity contribution in [3.63, 3.8) is 0 Å². The van der Waals surface area contributed by atoms with Crippen molar-refractivity contribution in [1.29, 1.82) is 0 Å². The fraction of sp³-hybridized carbons (Fsp3) is 0.160. The number of alkyl halides is 1. The highest BCUT2D eigenvalue weighted by Gasteiger charge is 2.26. The normalized spacial score (nSPS) is 13.3. The first kappa shape index (κ1) is 19.7. The summed E-state index contributed by atoms with van der Waals surface area (Å²) in [5, 5.41) is 4.17. The first-order valence-electron chi connectivity index (χ1n) is 10.2. The Labute approximate surface area is 187 Å². The summed E-state index contributed by atoms with van der Waals surface area (Å²) in [5.41, 5.74) is 4.57. The number of rotatable bonds is 5. The molecule has 1 aliphatic rings. The number of aromatic nitrogens is 2. The average Bonchev–Trinajstić information content (AvgIpc) is 3.63. The van der Waals surface area contributed by atoms with E-state index in [0.717, 1.165) is 35.0 Å². The summed E-state index contributed by atoms with van der Waals surface area (Å²) in [7, 11) is 0. The maximum atomic E-state index is 13.0. The summed E-state index contributed by atoms with van der Waals surface area (Å²) < 4.78 is 1.83. The number of carbonyl (C=O) groups excluding carboxylic acids is 1. The molecule has 6 heteroatoms. The van der Waals surface area contributed by atoms with E-state index < -0.39 is 0 Å². The van der Waals surface area contributed by atoms with Crippen molar-refractivity contribution in [1.82, 2.24) is 14.9 Å². The number of pyridine rings is 2. The van der Waals surface area contributed by atoms with Crippen LogP contribution in [0.2, 0.25) is 0 Å². The van der Waals surface area contributed by atoms with Gasteiger partial charge in [-0.25, -0.2) is 4.98 Å². The van der Waals surface area contributed by atoms with Crippen LogP contribution >= 0.6 is 15.9 Å². The minimum atomic E-state index is -0.325. The van der Waals surface area contributed by atoms with Crippen molar-refractivity contribution in [2.45, 2.75) is 24.2 Å². The van der Waals surface area contributed by atoms with Gasteiger partial charge < -0.3 is 9.88 Å². The van der Waals surface area contributed by atoms with Gasteiger partial charge in [-0.2, -0.15) is 0 Å². The fourth-order valence-electron chi connectivity index (χ4n) is 3.63. The van der Waals surface area contributed by atoms with Crippen molar-refractivity contribution >= 4 is 32.9 Å². The Morgan fingerprint density at radius 2 is 1.87 bits per heavy atom. The van der Waals surface area contributed by atoms with E-state index in [1.807, 2.05) is 28.8 Å². The van der Waals surface area contributed by atoms with Gasteiger partial charge >= 0.3 is 0 Å². The minimum absolute atomic E-state index is 0.138. The van der Waals surface area contributed by atoms with Gasteiger partial charge in [0, 0.05) is 29.5 Å². The van der Waals surface area contributed by atoms with Gasteiger partial charge in [0.25, 0.3) is 5.91 Å². The van der Waals surface area contributed by atoms with Crippen LogP contribution in [0.4, 0.5) is 0 Å². The second kappa shape index (κ2) is 8.12. The van der Waals surface area contributed by atoms with E-state index in [1.165, 1.54) is 5.56 Å². The molecule has 2 aromatic carbocycles. The molecular weight excluding hydrogens is 454 g/mol. The average molecular weight is 474 g/mol. The first-order valence-corrected chi connectivity index (χ1v) is 11.3. The van der Waals surface area contributed by atoms with Crippen LogP contribution in [0, 0.1) is 0 Å². The smallest absolute Gasteiger partial charge is 0.257 e. The van der Waals surface area contributed by atoms with E-state index in [2.05, 4.69) is 50.5 Å². The molecule has 0 atom stereocenters. The van der Waals surface area contributed by atoms with Gasteiger partial charge in [-0.05, 0) is 53.8 Å². The second-order valence-electron chi connectivity index (χ2n) is 7.75. The van der Waals surface area contributed by atoms with Crippen molar-refractivity contribution < 1.29 is 4.79 Å². The molecule has 0 aliphatic heterocycles. The van der Waals surface area contributed by atoms with Crippen LogP contribution < -0.4 is 10.7 Å². The van der Waals surface area contributed by atoms with Crippen LogP contribution in [0.15, 0.2) is 77.9 Å². The molecule has 0 bridgehead atoms. The Hall–Kier alpha value is -3.25. The largest absolute Gasteiger partial charge is 0.349 e.